The summed E-state index contributed by atoms with van der Waals surface area (Å²) in [5.74, 6) is 0. The van der Waals surface area contributed by atoms with Gasteiger partial charge in [0.25, 0.3) is 0 Å². The van der Waals surface area contributed by atoms with Gasteiger partial charge in [0.15, 0.2) is 0 Å². The van der Waals surface area contributed by atoms with E-state index in [0.29, 0.717) is 0 Å². The molecular weight excluding hydrogens is 259 g/mol. The van der Waals surface area contributed by atoms with Gasteiger partial charge in [-0.25, -0.2) is 0 Å². The van der Waals surface area contributed by atoms with E-state index in [-0.39, 0.29) is 308 Å². The SMILES string of the molecule is C=C.[K].[K].[K].[K].[K].[K]. The van der Waals surface area contributed by atoms with Crippen LogP contribution in [0.3, 0.4) is 0 Å². The van der Waals surface area contributed by atoms with Crippen LogP contribution in [0.15, 0.2) is 13.2 Å². The molecule has 0 aromatic carbocycles. The quantitative estimate of drug-likeness (QED) is 0.369. The van der Waals surface area contributed by atoms with E-state index in [2.05, 4.69) is 13.2 Å². The zero-order valence-corrected chi connectivity index (χ0v) is 26.2. The van der Waals surface area contributed by atoms with Crippen LogP contribution in [0.4, 0.5) is 0 Å². The fourth-order valence-corrected chi connectivity index (χ4v) is 0. The maximum Gasteiger partial charge on any atom is 0 e. The Hall–Kier alpha value is 9.56. The number of hydrogen-bond donors (Lipinski definition) is 0. The fraction of sp³-hybridized carbons (Fsp3) is 0. The van der Waals surface area contributed by atoms with Gasteiger partial charge >= 0.3 is 0 Å². The first-order valence-corrected chi connectivity index (χ1v) is 0.500. The van der Waals surface area contributed by atoms with Crippen molar-refractivity contribution in [2.75, 3.05) is 0 Å². The van der Waals surface area contributed by atoms with Crippen molar-refractivity contribution in [1.82, 2.24) is 0 Å². The van der Waals surface area contributed by atoms with E-state index in [1.54, 1.807) is 0 Å². The predicted octanol–water partition coefficient (Wildman–Crippen LogP) is -1.48. The van der Waals surface area contributed by atoms with Crippen LogP contribution >= 0.6 is 0 Å². The minimum absolute atomic E-state index is 0. The maximum absolute atomic E-state index is 3.00. The Labute approximate surface area is 308 Å². The molecule has 0 fully saturated rings. The summed E-state index contributed by atoms with van der Waals surface area (Å²) in [4.78, 5) is 0. The molecule has 0 aliphatic heterocycles. The zero-order valence-electron chi connectivity index (χ0n) is 7.41. The Kier molecular flexibility index (Phi) is 237. The summed E-state index contributed by atoms with van der Waals surface area (Å²) in [5, 5.41) is 0. The van der Waals surface area contributed by atoms with E-state index in [4.69, 9.17) is 0 Å². The van der Waals surface area contributed by atoms with Crippen LogP contribution < -0.4 is 0 Å². The van der Waals surface area contributed by atoms with Gasteiger partial charge in [0.05, 0.1) is 0 Å². The van der Waals surface area contributed by atoms with E-state index in [0.717, 1.165) is 0 Å². The van der Waals surface area contributed by atoms with E-state index >= 15 is 0 Å². The molecule has 6 radical (unpaired) electrons. The van der Waals surface area contributed by atoms with Gasteiger partial charge in [-0.3, -0.25) is 0 Å². The van der Waals surface area contributed by atoms with Gasteiger partial charge in [0, 0.05) is 308 Å². The summed E-state index contributed by atoms with van der Waals surface area (Å²) >= 11 is 0. The second kappa shape index (κ2) is 43.9. The molecule has 0 aromatic heterocycles. The smallest absolute Gasteiger partial charge is 0 e. The first-order chi connectivity index (χ1) is 1.00. The molecule has 0 saturated heterocycles. The Morgan fingerprint density at radius 2 is 0.375 bits per heavy atom. The van der Waals surface area contributed by atoms with Gasteiger partial charge in [-0.15, -0.1) is 13.2 Å². The summed E-state index contributed by atoms with van der Waals surface area (Å²) in [5.41, 5.74) is 0. The van der Waals surface area contributed by atoms with Gasteiger partial charge in [0.1, 0.15) is 0 Å². The van der Waals surface area contributed by atoms with Gasteiger partial charge in [-0.05, 0) is 0 Å². The zero-order chi connectivity index (χ0) is 2.00. The first-order valence-electron chi connectivity index (χ1n) is 0.500. The Morgan fingerprint density at radius 1 is 0.375 bits per heavy atom. The summed E-state index contributed by atoms with van der Waals surface area (Å²) < 4.78 is 0. The molecule has 0 aliphatic rings. The van der Waals surface area contributed by atoms with Crippen LogP contribution in [-0.2, 0) is 0 Å². The molecule has 0 rings (SSSR count). The van der Waals surface area contributed by atoms with Gasteiger partial charge in [-0.2, -0.15) is 0 Å². The van der Waals surface area contributed by atoms with Crippen molar-refractivity contribution in [3.63, 3.8) is 0 Å². The van der Waals surface area contributed by atoms with Crippen molar-refractivity contribution in [1.29, 1.82) is 0 Å². The largest absolute Gasteiger partial charge is 0.106 e. The predicted molar refractivity (Wildman–Crippen MR) is 45.8 cm³/mol. The van der Waals surface area contributed by atoms with Gasteiger partial charge in [-0.1, -0.05) is 0 Å². The summed E-state index contributed by atoms with van der Waals surface area (Å²) in [6, 6.07) is 0. The third-order valence-electron chi connectivity index (χ3n) is 0. The third kappa shape index (κ3) is 36.1. The van der Waals surface area contributed by atoms with Crippen molar-refractivity contribution in [2.45, 2.75) is 0 Å². The molecule has 8 heavy (non-hydrogen) atoms. The van der Waals surface area contributed by atoms with Crippen LogP contribution in [0.1, 0.15) is 0 Å². The summed E-state index contributed by atoms with van der Waals surface area (Å²) in [6.45, 7) is 6.00. The Bertz CT molecular complexity index is 6.49. The number of hydrogen-bond acceptors (Lipinski definition) is 0. The van der Waals surface area contributed by atoms with Crippen LogP contribution in [0.5, 0.6) is 0 Å². The molecule has 0 aliphatic carbocycles. The van der Waals surface area contributed by atoms with E-state index < -0.39 is 0 Å². The van der Waals surface area contributed by atoms with Crippen molar-refractivity contribution < 1.29 is 0 Å². The van der Waals surface area contributed by atoms with Crippen LogP contribution in [0.25, 0.3) is 0 Å². The van der Waals surface area contributed by atoms with Crippen molar-refractivity contribution in [2.24, 2.45) is 0 Å². The van der Waals surface area contributed by atoms with Crippen LogP contribution in [0, 0.1) is 0 Å². The second-order valence-corrected chi connectivity index (χ2v) is 0. The Morgan fingerprint density at radius 3 is 0.375 bits per heavy atom. The molecule has 0 atom stereocenters. The third-order valence-corrected chi connectivity index (χ3v) is 0. The Balaban J connectivity index is -0.000000000333. The minimum atomic E-state index is 0. The average Bonchev–Trinajstić information content (AvgIpc) is 1.00. The van der Waals surface area contributed by atoms with Crippen LogP contribution in [0.2, 0.25) is 0 Å². The topological polar surface area (TPSA) is 0 Å². The van der Waals surface area contributed by atoms with Crippen molar-refractivity contribution in [3.8, 4) is 0 Å². The summed E-state index contributed by atoms with van der Waals surface area (Å²) in [6.07, 6.45) is 0. The molecule has 0 heterocycles. The molecular formula is C2H4K6. The molecule has 0 aromatic rings. The summed E-state index contributed by atoms with van der Waals surface area (Å²) in [7, 11) is 0. The molecule has 0 N–H and O–H groups in total. The average molecular weight is 263 g/mol. The second-order valence-electron chi connectivity index (χ2n) is 0. The molecule has 0 nitrogen and oxygen atoms in total. The van der Waals surface area contributed by atoms with E-state index in [1.165, 1.54) is 0 Å². The molecule has 6 heteroatoms. The molecule has 0 amide bonds. The molecule has 0 bridgehead atoms. The number of rotatable bonds is 0. The van der Waals surface area contributed by atoms with Crippen molar-refractivity contribution >= 4 is 308 Å². The molecule has 0 saturated carbocycles. The monoisotopic (exact) mass is 262 g/mol. The fourth-order valence-electron chi connectivity index (χ4n) is 0. The van der Waals surface area contributed by atoms with Crippen molar-refractivity contribution in [3.05, 3.63) is 13.2 Å². The maximum atomic E-state index is 3.00. The van der Waals surface area contributed by atoms with Crippen LogP contribution in [-0.4, -0.2) is 308 Å². The van der Waals surface area contributed by atoms with Gasteiger partial charge < -0.3 is 0 Å². The standard InChI is InChI=1S/C2H4.6K/c1-2;;;;;;/h1-2H2;;;;;;. The molecule has 0 unspecified atom stereocenters. The molecule has 18 valence electrons. The van der Waals surface area contributed by atoms with E-state index in [9.17, 15) is 0 Å². The van der Waals surface area contributed by atoms with Gasteiger partial charge in [0.2, 0.25) is 0 Å². The first kappa shape index (κ1) is 43.2. The molecule has 0 spiro atoms. The minimum Gasteiger partial charge on any atom is -0.106 e. The normalized spacial score (nSPS) is 0.500. The van der Waals surface area contributed by atoms with E-state index in [1.807, 2.05) is 0 Å².